The van der Waals surface area contributed by atoms with E-state index in [4.69, 9.17) is 17.0 Å². The van der Waals surface area contributed by atoms with Crippen LogP contribution in [0.4, 0.5) is 5.69 Å². The molecule has 2 rings (SSSR count). The van der Waals surface area contributed by atoms with Gasteiger partial charge in [0.25, 0.3) is 0 Å². The predicted octanol–water partition coefficient (Wildman–Crippen LogP) is 4.52. The highest BCUT2D eigenvalue weighted by Gasteiger charge is 2.13. The largest absolute Gasteiger partial charge is 0.465 e. The van der Waals surface area contributed by atoms with Gasteiger partial charge in [0.1, 0.15) is 0 Å². The standard InChI is InChI=1S/C19H28N2O2S2/c1-14-9-10-15(18(22)23-2)13-17(14)21-19(24)20-11-6-12-25-16-7-4-3-5-8-16/h9-10,13,16H,3-8,11-12H2,1-2H3,(H2,20,21,24). The third-order valence-corrected chi connectivity index (χ3v) is 6.13. The highest BCUT2D eigenvalue weighted by molar-refractivity contribution is 7.99. The van der Waals surface area contributed by atoms with Crippen molar-refractivity contribution in [3.8, 4) is 0 Å². The molecule has 0 unspecified atom stereocenters. The van der Waals surface area contributed by atoms with Crippen molar-refractivity contribution in [2.45, 2.75) is 50.7 Å². The Morgan fingerprint density at radius 2 is 2.08 bits per heavy atom. The normalized spacial score (nSPS) is 14.8. The number of hydrogen-bond donors (Lipinski definition) is 2. The van der Waals surface area contributed by atoms with Gasteiger partial charge in [0.2, 0.25) is 0 Å². The molecular formula is C19H28N2O2S2. The molecule has 6 heteroatoms. The number of aryl methyl sites for hydroxylation is 1. The van der Waals surface area contributed by atoms with Crippen LogP contribution in [-0.2, 0) is 4.74 Å². The van der Waals surface area contributed by atoms with Gasteiger partial charge in [0.15, 0.2) is 5.11 Å². The zero-order valence-electron chi connectivity index (χ0n) is 15.1. The Hall–Kier alpha value is -1.27. The number of ether oxygens (including phenoxy) is 1. The minimum atomic E-state index is -0.346. The number of anilines is 1. The van der Waals surface area contributed by atoms with E-state index in [1.165, 1.54) is 45.0 Å². The molecule has 1 saturated carbocycles. The summed E-state index contributed by atoms with van der Waals surface area (Å²) in [7, 11) is 1.38. The Kier molecular flexibility index (Phi) is 8.55. The number of rotatable bonds is 7. The van der Waals surface area contributed by atoms with E-state index in [9.17, 15) is 4.79 Å². The molecule has 1 fully saturated rings. The minimum Gasteiger partial charge on any atom is -0.465 e. The lowest BCUT2D eigenvalue weighted by Gasteiger charge is -2.21. The molecule has 1 aliphatic rings. The lowest BCUT2D eigenvalue weighted by Crippen LogP contribution is -2.30. The molecule has 138 valence electrons. The molecule has 4 nitrogen and oxygen atoms in total. The summed E-state index contributed by atoms with van der Waals surface area (Å²) >= 11 is 7.47. The molecule has 0 aliphatic heterocycles. The molecule has 1 aliphatic carbocycles. The molecule has 0 radical (unpaired) electrons. The van der Waals surface area contributed by atoms with Crippen LogP contribution in [0.5, 0.6) is 0 Å². The number of hydrogen-bond acceptors (Lipinski definition) is 4. The summed E-state index contributed by atoms with van der Waals surface area (Å²) in [6, 6.07) is 5.41. The van der Waals surface area contributed by atoms with Crippen LogP contribution in [0, 0.1) is 6.92 Å². The average molecular weight is 381 g/mol. The predicted molar refractivity (Wildman–Crippen MR) is 111 cm³/mol. The summed E-state index contributed by atoms with van der Waals surface area (Å²) in [5.74, 6) is 0.832. The fraction of sp³-hybridized carbons (Fsp3) is 0.579. The summed E-state index contributed by atoms with van der Waals surface area (Å²) < 4.78 is 4.76. The molecule has 1 aromatic carbocycles. The van der Waals surface area contributed by atoms with Gasteiger partial charge in [0.05, 0.1) is 12.7 Å². The van der Waals surface area contributed by atoms with Crippen molar-refractivity contribution in [1.29, 1.82) is 0 Å². The smallest absolute Gasteiger partial charge is 0.337 e. The number of thiocarbonyl (C=S) groups is 1. The SMILES string of the molecule is COC(=O)c1ccc(C)c(NC(=S)NCCCSC2CCCCC2)c1. The molecule has 0 bridgehead atoms. The second-order valence-electron chi connectivity index (χ2n) is 6.39. The fourth-order valence-electron chi connectivity index (χ4n) is 2.92. The Labute approximate surface area is 160 Å². The lowest BCUT2D eigenvalue weighted by molar-refractivity contribution is 0.0601. The number of nitrogens with one attached hydrogen (secondary N) is 2. The Morgan fingerprint density at radius 3 is 2.80 bits per heavy atom. The summed E-state index contributed by atoms with van der Waals surface area (Å²) in [4.78, 5) is 11.6. The molecular weight excluding hydrogens is 352 g/mol. The van der Waals surface area contributed by atoms with Gasteiger partial charge in [-0.25, -0.2) is 4.79 Å². The van der Waals surface area contributed by atoms with E-state index in [1.54, 1.807) is 12.1 Å². The molecule has 0 aromatic heterocycles. The van der Waals surface area contributed by atoms with Gasteiger partial charge < -0.3 is 15.4 Å². The van der Waals surface area contributed by atoms with Crippen molar-refractivity contribution in [3.05, 3.63) is 29.3 Å². The fourth-order valence-corrected chi connectivity index (χ4v) is 4.45. The van der Waals surface area contributed by atoms with E-state index < -0.39 is 0 Å². The monoisotopic (exact) mass is 380 g/mol. The molecule has 25 heavy (non-hydrogen) atoms. The maximum Gasteiger partial charge on any atom is 0.337 e. The Balaban J connectivity index is 1.70. The van der Waals surface area contributed by atoms with Crippen LogP contribution in [0.25, 0.3) is 0 Å². The van der Waals surface area contributed by atoms with Crippen LogP contribution in [0.15, 0.2) is 18.2 Å². The van der Waals surface area contributed by atoms with Gasteiger partial charge in [-0.15, -0.1) is 0 Å². The van der Waals surface area contributed by atoms with Crippen LogP contribution >= 0.6 is 24.0 Å². The van der Waals surface area contributed by atoms with Crippen molar-refractivity contribution in [2.75, 3.05) is 24.7 Å². The molecule has 0 amide bonds. The second kappa shape index (κ2) is 10.7. The van der Waals surface area contributed by atoms with E-state index in [0.717, 1.165) is 29.5 Å². The molecule has 2 N–H and O–H groups in total. The number of benzene rings is 1. The van der Waals surface area contributed by atoms with Crippen molar-refractivity contribution < 1.29 is 9.53 Å². The van der Waals surface area contributed by atoms with Crippen LogP contribution in [0.1, 0.15) is 54.4 Å². The topological polar surface area (TPSA) is 50.4 Å². The molecule has 0 atom stereocenters. The maximum atomic E-state index is 11.6. The third-order valence-electron chi connectivity index (χ3n) is 4.42. The maximum absolute atomic E-state index is 11.6. The van der Waals surface area contributed by atoms with Gasteiger partial charge >= 0.3 is 5.97 Å². The van der Waals surface area contributed by atoms with Crippen LogP contribution in [-0.4, -0.2) is 35.7 Å². The van der Waals surface area contributed by atoms with Gasteiger partial charge in [-0.05, 0) is 61.9 Å². The van der Waals surface area contributed by atoms with E-state index >= 15 is 0 Å². The van der Waals surface area contributed by atoms with Crippen molar-refractivity contribution in [3.63, 3.8) is 0 Å². The Morgan fingerprint density at radius 1 is 1.32 bits per heavy atom. The van der Waals surface area contributed by atoms with Gasteiger partial charge in [-0.2, -0.15) is 11.8 Å². The zero-order valence-corrected chi connectivity index (χ0v) is 16.7. The van der Waals surface area contributed by atoms with Gasteiger partial charge in [-0.3, -0.25) is 0 Å². The molecule has 0 saturated heterocycles. The lowest BCUT2D eigenvalue weighted by atomic mass is 10.0. The van der Waals surface area contributed by atoms with E-state index in [-0.39, 0.29) is 5.97 Å². The molecule has 0 heterocycles. The molecule has 1 aromatic rings. The van der Waals surface area contributed by atoms with Crippen LogP contribution in [0.2, 0.25) is 0 Å². The minimum absolute atomic E-state index is 0.346. The first-order chi connectivity index (χ1) is 12.1. The highest BCUT2D eigenvalue weighted by Crippen LogP contribution is 2.28. The van der Waals surface area contributed by atoms with Crippen molar-refractivity contribution >= 4 is 40.7 Å². The summed E-state index contributed by atoms with van der Waals surface area (Å²) in [6.45, 7) is 2.84. The average Bonchev–Trinajstić information content (AvgIpc) is 2.63. The highest BCUT2D eigenvalue weighted by atomic mass is 32.2. The summed E-state index contributed by atoms with van der Waals surface area (Å²) in [6.07, 6.45) is 8.07. The van der Waals surface area contributed by atoms with E-state index in [0.29, 0.717) is 10.7 Å². The Bertz CT molecular complexity index is 587. The first kappa shape index (κ1) is 20.0. The van der Waals surface area contributed by atoms with Crippen LogP contribution in [0.3, 0.4) is 0 Å². The summed E-state index contributed by atoms with van der Waals surface area (Å²) in [5, 5.41) is 7.88. The zero-order chi connectivity index (χ0) is 18.1. The van der Waals surface area contributed by atoms with Gasteiger partial charge in [-0.1, -0.05) is 25.3 Å². The van der Waals surface area contributed by atoms with Crippen molar-refractivity contribution in [2.24, 2.45) is 0 Å². The first-order valence-electron chi connectivity index (χ1n) is 8.95. The van der Waals surface area contributed by atoms with E-state index in [2.05, 4.69) is 22.4 Å². The van der Waals surface area contributed by atoms with E-state index in [1.807, 2.05) is 13.0 Å². The number of methoxy groups -OCH3 is 1. The first-order valence-corrected chi connectivity index (χ1v) is 10.4. The number of thioether (sulfide) groups is 1. The summed E-state index contributed by atoms with van der Waals surface area (Å²) in [5.41, 5.74) is 2.38. The van der Waals surface area contributed by atoms with Gasteiger partial charge in [0, 0.05) is 17.5 Å². The third kappa shape index (κ3) is 6.86. The number of carbonyl (C=O) groups excluding carboxylic acids is 1. The second-order valence-corrected chi connectivity index (χ2v) is 8.20. The molecule has 0 spiro atoms. The van der Waals surface area contributed by atoms with Crippen molar-refractivity contribution in [1.82, 2.24) is 5.32 Å². The number of carbonyl (C=O) groups is 1. The number of esters is 1. The van der Waals surface area contributed by atoms with Crippen LogP contribution < -0.4 is 10.6 Å². The quantitative estimate of drug-likeness (QED) is 0.412.